The summed E-state index contributed by atoms with van der Waals surface area (Å²) in [7, 11) is 0. The van der Waals surface area contributed by atoms with Crippen molar-refractivity contribution in [2.24, 2.45) is 0 Å². The third kappa shape index (κ3) is 3.01. The molecule has 0 amide bonds. The van der Waals surface area contributed by atoms with Crippen LogP contribution in [0, 0.1) is 0 Å². The van der Waals surface area contributed by atoms with Gasteiger partial charge in [0.2, 0.25) is 0 Å². The highest BCUT2D eigenvalue weighted by molar-refractivity contribution is 6.29. The largest absolute Gasteiger partial charge is 0.275 e. The Morgan fingerprint density at radius 2 is 1.75 bits per heavy atom. The molecule has 5 rings (SSSR count). The smallest absolute Gasteiger partial charge is 0.189 e. The first-order chi connectivity index (χ1) is 13.8. The molecule has 0 fully saturated rings. The van der Waals surface area contributed by atoms with E-state index in [-0.39, 0.29) is 0 Å². The molecule has 2 aromatic carbocycles. The van der Waals surface area contributed by atoms with Crippen LogP contribution >= 0.6 is 11.6 Å². The van der Waals surface area contributed by atoms with Crippen molar-refractivity contribution in [2.75, 3.05) is 0 Å². The van der Waals surface area contributed by atoms with Gasteiger partial charge in [-0.3, -0.25) is 9.50 Å². The van der Waals surface area contributed by atoms with Gasteiger partial charge < -0.3 is 0 Å². The lowest BCUT2D eigenvalue weighted by atomic mass is 10.1. The number of nitrogens with one attached hydrogen (secondary N) is 1. The molecule has 6 nitrogen and oxygen atoms in total. The maximum atomic E-state index is 6.02. The second kappa shape index (κ2) is 7.05. The minimum absolute atomic E-state index is 0.464. The topological polar surface area (TPSA) is 71.8 Å². The van der Waals surface area contributed by atoms with Crippen LogP contribution in [-0.2, 0) is 12.8 Å². The number of para-hydroxylation sites is 2. The van der Waals surface area contributed by atoms with E-state index in [0.29, 0.717) is 22.2 Å². The molecule has 0 atom stereocenters. The summed E-state index contributed by atoms with van der Waals surface area (Å²) in [5.74, 6) is 0.924. The van der Waals surface area contributed by atoms with Gasteiger partial charge in [-0.15, -0.1) is 10.2 Å². The number of nitrogens with zero attached hydrogens (tertiary/aromatic N) is 5. The van der Waals surface area contributed by atoms with Crippen LogP contribution in [0.4, 0.5) is 0 Å². The van der Waals surface area contributed by atoms with Crippen molar-refractivity contribution in [1.29, 1.82) is 0 Å². The van der Waals surface area contributed by atoms with Crippen molar-refractivity contribution < 1.29 is 0 Å². The Morgan fingerprint density at radius 1 is 0.929 bits per heavy atom. The number of hydrogen-bond acceptors (Lipinski definition) is 4. The van der Waals surface area contributed by atoms with Crippen molar-refractivity contribution in [1.82, 2.24) is 29.8 Å². The average Bonchev–Trinajstić information content (AvgIpc) is 3.35. The van der Waals surface area contributed by atoms with Gasteiger partial charge in [0.15, 0.2) is 5.65 Å². The molecule has 0 unspecified atom stereocenters. The molecule has 3 aromatic heterocycles. The molecule has 0 aliphatic rings. The number of aromatic amines is 1. The summed E-state index contributed by atoms with van der Waals surface area (Å²) in [6.45, 7) is 0. The van der Waals surface area contributed by atoms with E-state index >= 15 is 0 Å². The van der Waals surface area contributed by atoms with Gasteiger partial charge >= 0.3 is 0 Å². The van der Waals surface area contributed by atoms with E-state index in [9.17, 15) is 0 Å². The molecule has 0 radical (unpaired) electrons. The summed E-state index contributed by atoms with van der Waals surface area (Å²) >= 11 is 6.02. The number of aryl methyl sites for hydroxylation is 2. The number of hydrogen-bond donors (Lipinski definition) is 1. The summed E-state index contributed by atoms with van der Waals surface area (Å²) in [4.78, 5) is 4.76. The van der Waals surface area contributed by atoms with Gasteiger partial charge in [0.25, 0.3) is 0 Å². The van der Waals surface area contributed by atoms with Crippen LogP contribution < -0.4 is 0 Å². The number of H-pyrrole nitrogens is 1. The fourth-order valence-corrected chi connectivity index (χ4v) is 3.64. The van der Waals surface area contributed by atoms with Crippen LogP contribution in [0.15, 0.2) is 60.7 Å². The second-order valence-electron chi connectivity index (χ2n) is 6.66. The van der Waals surface area contributed by atoms with Gasteiger partial charge in [0.1, 0.15) is 22.4 Å². The molecule has 0 bridgehead atoms. The fourth-order valence-electron chi connectivity index (χ4n) is 3.49. The number of halogens is 1. The highest BCUT2D eigenvalue weighted by Gasteiger charge is 2.17. The fraction of sp³-hybridized carbons (Fsp3) is 0.143. The van der Waals surface area contributed by atoms with E-state index in [4.69, 9.17) is 16.6 Å². The van der Waals surface area contributed by atoms with Gasteiger partial charge in [0, 0.05) is 12.5 Å². The summed E-state index contributed by atoms with van der Waals surface area (Å²) in [6.07, 6.45) is 2.82. The van der Waals surface area contributed by atoms with E-state index in [0.717, 1.165) is 36.1 Å². The Kier molecular flexibility index (Phi) is 4.25. The summed E-state index contributed by atoms with van der Waals surface area (Å²) < 4.78 is 2.09. The van der Waals surface area contributed by atoms with Gasteiger partial charge in [-0.25, -0.2) is 4.98 Å². The van der Waals surface area contributed by atoms with Crippen molar-refractivity contribution in [3.63, 3.8) is 0 Å². The van der Waals surface area contributed by atoms with Crippen molar-refractivity contribution >= 4 is 28.3 Å². The average molecular weight is 389 g/mol. The Balaban J connectivity index is 1.58. The van der Waals surface area contributed by atoms with Crippen molar-refractivity contribution in [2.45, 2.75) is 19.3 Å². The highest BCUT2D eigenvalue weighted by atomic mass is 35.5. The van der Waals surface area contributed by atoms with E-state index < -0.39 is 0 Å². The molecule has 3 heterocycles. The van der Waals surface area contributed by atoms with Crippen LogP contribution in [0.1, 0.15) is 17.8 Å². The lowest BCUT2D eigenvalue weighted by Crippen LogP contribution is -2.01. The summed E-state index contributed by atoms with van der Waals surface area (Å²) in [5.41, 5.74) is 5.20. The molecular weight excluding hydrogens is 372 g/mol. The first-order valence-electron chi connectivity index (χ1n) is 9.17. The SMILES string of the molecule is Clc1cc(-c2nc3ccccc3n3c(CCCc4ccccc4)nnc23)n[nH]1. The summed E-state index contributed by atoms with van der Waals surface area (Å²) in [6, 6.07) is 20.2. The molecule has 5 aromatic rings. The molecule has 28 heavy (non-hydrogen) atoms. The molecule has 7 heteroatoms. The minimum atomic E-state index is 0.464. The molecular formula is C21H17ClN6. The third-order valence-corrected chi connectivity index (χ3v) is 4.99. The van der Waals surface area contributed by atoms with Gasteiger partial charge in [0.05, 0.1) is 11.0 Å². The predicted octanol–water partition coefficient (Wildman–Crippen LogP) is 4.50. The molecule has 0 saturated heterocycles. The number of fused-ring (bicyclic) bond motifs is 3. The lowest BCUT2D eigenvalue weighted by Gasteiger charge is -2.07. The first kappa shape index (κ1) is 16.9. The van der Waals surface area contributed by atoms with Crippen molar-refractivity contribution in [3.05, 3.63) is 77.2 Å². The molecule has 1 N–H and O–H groups in total. The van der Waals surface area contributed by atoms with Gasteiger partial charge in [-0.1, -0.05) is 54.1 Å². The van der Waals surface area contributed by atoms with Crippen LogP contribution in [0.3, 0.4) is 0 Å². The number of benzene rings is 2. The molecule has 138 valence electrons. The quantitative estimate of drug-likeness (QED) is 0.481. The monoisotopic (exact) mass is 388 g/mol. The van der Waals surface area contributed by atoms with Gasteiger partial charge in [-0.2, -0.15) is 5.10 Å². The van der Waals surface area contributed by atoms with Crippen LogP contribution in [-0.4, -0.2) is 29.8 Å². The Bertz CT molecular complexity index is 1260. The maximum Gasteiger partial charge on any atom is 0.189 e. The number of rotatable bonds is 5. The van der Waals surface area contributed by atoms with E-state index in [1.165, 1.54) is 5.56 Å². The normalized spacial score (nSPS) is 11.5. The highest BCUT2D eigenvalue weighted by Crippen LogP contribution is 2.26. The van der Waals surface area contributed by atoms with Crippen molar-refractivity contribution in [3.8, 4) is 11.4 Å². The molecule has 0 aliphatic heterocycles. The Labute approximate surface area is 166 Å². The molecule has 0 saturated carbocycles. The second-order valence-corrected chi connectivity index (χ2v) is 7.07. The zero-order valence-corrected chi connectivity index (χ0v) is 15.8. The minimum Gasteiger partial charge on any atom is -0.275 e. The summed E-state index contributed by atoms with van der Waals surface area (Å²) in [5, 5.41) is 16.4. The zero-order chi connectivity index (χ0) is 18.9. The molecule has 0 spiro atoms. The third-order valence-electron chi connectivity index (χ3n) is 4.79. The Morgan fingerprint density at radius 3 is 2.57 bits per heavy atom. The zero-order valence-electron chi connectivity index (χ0n) is 15.0. The number of aromatic nitrogens is 6. The maximum absolute atomic E-state index is 6.02. The van der Waals surface area contributed by atoms with Crippen LogP contribution in [0.2, 0.25) is 5.15 Å². The molecule has 0 aliphatic carbocycles. The van der Waals surface area contributed by atoms with Gasteiger partial charge in [-0.05, 0) is 30.5 Å². The first-order valence-corrected chi connectivity index (χ1v) is 9.55. The van der Waals surface area contributed by atoms with E-state index in [1.807, 2.05) is 30.3 Å². The lowest BCUT2D eigenvalue weighted by molar-refractivity contribution is 0.765. The van der Waals surface area contributed by atoms with Crippen LogP contribution in [0.25, 0.3) is 28.1 Å². The van der Waals surface area contributed by atoms with E-state index in [2.05, 4.69) is 49.1 Å². The predicted molar refractivity (Wildman–Crippen MR) is 109 cm³/mol. The Hall–Kier alpha value is -3.25. The van der Waals surface area contributed by atoms with E-state index in [1.54, 1.807) is 6.07 Å². The van der Waals surface area contributed by atoms with Crippen LogP contribution in [0.5, 0.6) is 0 Å². The standard InChI is InChI=1S/C21H17ClN6/c22-18-13-16(24-25-18)20-21-27-26-19(12-6-9-14-7-2-1-3-8-14)28(21)17-11-5-4-10-15(17)23-20/h1-5,7-8,10-11,13H,6,9,12H2,(H,24,25).